The number of carbonyl (C=O) groups excluding carboxylic acids is 1. The molecule has 2 unspecified atom stereocenters. The average Bonchev–Trinajstić information content (AvgIpc) is 2.74. The normalized spacial score (nSPS) is 22.2. The van der Waals surface area contributed by atoms with Crippen LogP contribution in [-0.4, -0.2) is 21.9 Å². The van der Waals surface area contributed by atoms with Crippen LogP contribution in [0.2, 0.25) is 5.15 Å². The van der Waals surface area contributed by atoms with Gasteiger partial charge in [-0.15, -0.1) is 0 Å². The molecule has 1 aliphatic rings. The number of nitro groups is 1. The fourth-order valence-electron chi connectivity index (χ4n) is 2.35. The molecule has 0 aromatic carbocycles. The van der Waals surface area contributed by atoms with Gasteiger partial charge in [-0.1, -0.05) is 18.5 Å². The fourth-order valence-corrected chi connectivity index (χ4v) is 2.51. The van der Waals surface area contributed by atoms with Crippen molar-refractivity contribution in [3.8, 4) is 0 Å². The van der Waals surface area contributed by atoms with E-state index in [-0.39, 0.29) is 22.4 Å². The van der Waals surface area contributed by atoms with E-state index in [0.717, 1.165) is 25.5 Å². The van der Waals surface area contributed by atoms with Gasteiger partial charge >= 0.3 is 0 Å². The maximum Gasteiger partial charge on any atom is 0.300 e. The van der Waals surface area contributed by atoms with E-state index in [0.29, 0.717) is 5.92 Å². The van der Waals surface area contributed by atoms with Crippen LogP contribution in [0, 0.1) is 16.0 Å². The van der Waals surface area contributed by atoms with Gasteiger partial charge in [0.05, 0.1) is 4.92 Å². The average molecular weight is 284 g/mol. The van der Waals surface area contributed by atoms with Crippen molar-refractivity contribution in [3.05, 3.63) is 33.1 Å². The van der Waals surface area contributed by atoms with Gasteiger partial charge in [0.15, 0.2) is 0 Å². The van der Waals surface area contributed by atoms with E-state index < -0.39 is 10.8 Å². The van der Waals surface area contributed by atoms with Gasteiger partial charge < -0.3 is 5.32 Å². The van der Waals surface area contributed by atoms with Crippen molar-refractivity contribution in [2.45, 2.75) is 32.2 Å². The van der Waals surface area contributed by atoms with E-state index in [2.05, 4.69) is 17.2 Å². The molecule has 6 nitrogen and oxygen atoms in total. The Morgan fingerprint density at radius 1 is 1.58 bits per heavy atom. The Bertz CT molecular complexity index is 521. The van der Waals surface area contributed by atoms with E-state index >= 15 is 0 Å². The van der Waals surface area contributed by atoms with Gasteiger partial charge in [0, 0.05) is 6.04 Å². The van der Waals surface area contributed by atoms with E-state index in [1.165, 1.54) is 6.07 Å². The molecule has 0 saturated heterocycles. The molecule has 1 aromatic heterocycles. The molecule has 0 aliphatic heterocycles. The highest BCUT2D eigenvalue weighted by molar-refractivity contribution is 6.29. The zero-order valence-electron chi connectivity index (χ0n) is 10.4. The number of nitrogens with zero attached hydrogens (tertiary/aromatic N) is 2. The van der Waals surface area contributed by atoms with Crippen LogP contribution in [0.25, 0.3) is 0 Å². The van der Waals surface area contributed by atoms with Gasteiger partial charge in [0.1, 0.15) is 16.9 Å². The topological polar surface area (TPSA) is 85.1 Å². The molecule has 0 spiro atoms. The quantitative estimate of drug-likeness (QED) is 0.525. The van der Waals surface area contributed by atoms with Gasteiger partial charge in [0.2, 0.25) is 0 Å². The first-order valence-electron chi connectivity index (χ1n) is 6.08. The third-order valence-corrected chi connectivity index (χ3v) is 3.53. The lowest BCUT2D eigenvalue weighted by Crippen LogP contribution is -2.33. The monoisotopic (exact) mass is 283 g/mol. The molecule has 1 N–H and O–H groups in total. The maximum absolute atomic E-state index is 12.1. The lowest BCUT2D eigenvalue weighted by atomic mass is 10.1. The number of hydrogen-bond donors (Lipinski definition) is 1. The Labute approximate surface area is 115 Å². The summed E-state index contributed by atoms with van der Waals surface area (Å²) in [7, 11) is 0. The molecule has 0 bridgehead atoms. The first kappa shape index (κ1) is 13.7. The van der Waals surface area contributed by atoms with Gasteiger partial charge in [-0.3, -0.25) is 14.9 Å². The van der Waals surface area contributed by atoms with E-state index in [4.69, 9.17) is 11.6 Å². The molecule has 1 aromatic rings. The minimum Gasteiger partial charge on any atom is -0.349 e. The molecular weight excluding hydrogens is 270 g/mol. The van der Waals surface area contributed by atoms with Crippen LogP contribution >= 0.6 is 11.6 Å². The number of aromatic nitrogens is 1. The smallest absolute Gasteiger partial charge is 0.300 e. The van der Waals surface area contributed by atoms with Crippen LogP contribution in [0.3, 0.4) is 0 Å². The summed E-state index contributed by atoms with van der Waals surface area (Å²) in [5, 5.41) is 13.8. The SMILES string of the molecule is CC1CCC(NC(=O)c2cc(Cl)ncc2[N+](=O)[O-])C1. The molecule has 1 saturated carbocycles. The molecule has 2 atom stereocenters. The highest BCUT2D eigenvalue weighted by Gasteiger charge is 2.27. The summed E-state index contributed by atoms with van der Waals surface area (Å²) in [6.07, 6.45) is 3.87. The molecule has 7 heteroatoms. The zero-order chi connectivity index (χ0) is 14.0. The van der Waals surface area contributed by atoms with Crippen molar-refractivity contribution in [1.29, 1.82) is 0 Å². The van der Waals surface area contributed by atoms with Crippen molar-refractivity contribution in [1.82, 2.24) is 10.3 Å². The Morgan fingerprint density at radius 2 is 2.32 bits per heavy atom. The van der Waals surface area contributed by atoms with E-state index in [9.17, 15) is 14.9 Å². The van der Waals surface area contributed by atoms with Crippen molar-refractivity contribution in [2.24, 2.45) is 5.92 Å². The summed E-state index contributed by atoms with van der Waals surface area (Å²) in [5.74, 6) is 0.108. The van der Waals surface area contributed by atoms with Crippen LogP contribution in [0.1, 0.15) is 36.5 Å². The third kappa shape index (κ3) is 3.20. The van der Waals surface area contributed by atoms with Crippen molar-refractivity contribution in [2.75, 3.05) is 0 Å². The lowest BCUT2D eigenvalue weighted by Gasteiger charge is -2.12. The Balaban J connectivity index is 2.18. The third-order valence-electron chi connectivity index (χ3n) is 3.32. The van der Waals surface area contributed by atoms with E-state index in [1.54, 1.807) is 0 Å². The van der Waals surface area contributed by atoms with E-state index in [1.807, 2.05) is 0 Å². The van der Waals surface area contributed by atoms with Gasteiger partial charge in [-0.25, -0.2) is 4.98 Å². The molecule has 0 radical (unpaired) electrons. The van der Waals surface area contributed by atoms with Crippen LogP contribution in [0.4, 0.5) is 5.69 Å². The summed E-state index contributed by atoms with van der Waals surface area (Å²) < 4.78 is 0. The number of hydrogen-bond acceptors (Lipinski definition) is 4. The Hall–Kier alpha value is -1.69. The highest BCUT2D eigenvalue weighted by Crippen LogP contribution is 2.26. The number of carbonyl (C=O) groups is 1. The molecule has 2 rings (SSSR count). The second kappa shape index (κ2) is 5.52. The molecule has 1 aliphatic carbocycles. The highest BCUT2D eigenvalue weighted by atomic mass is 35.5. The summed E-state index contributed by atoms with van der Waals surface area (Å²) in [6, 6.07) is 1.31. The summed E-state index contributed by atoms with van der Waals surface area (Å²) >= 11 is 5.69. The fraction of sp³-hybridized carbons (Fsp3) is 0.500. The van der Waals surface area contributed by atoms with Crippen molar-refractivity contribution in [3.63, 3.8) is 0 Å². The molecule has 1 fully saturated rings. The first-order chi connectivity index (χ1) is 8.97. The van der Waals surface area contributed by atoms with Gasteiger partial charge in [-0.05, 0) is 31.2 Å². The largest absolute Gasteiger partial charge is 0.349 e. The number of halogens is 1. The van der Waals surface area contributed by atoms with Crippen molar-refractivity contribution >= 4 is 23.2 Å². The standard InChI is InChI=1S/C12H14ClN3O3/c1-7-2-3-8(4-7)15-12(17)9-5-11(13)14-6-10(9)16(18)19/h5-8H,2-4H2,1H3,(H,15,17). The predicted molar refractivity (Wildman–Crippen MR) is 70.2 cm³/mol. The Kier molecular flexibility index (Phi) is 3.99. The van der Waals surface area contributed by atoms with Gasteiger partial charge in [0.25, 0.3) is 11.6 Å². The summed E-state index contributed by atoms with van der Waals surface area (Å²) in [5.41, 5.74) is -0.363. The van der Waals surface area contributed by atoms with Crippen LogP contribution < -0.4 is 5.32 Å². The summed E-state index contributed by atoms with van der Waals surface area (Å²) in [6.45, 7) is 2.12. The van der Waals surface area contributed by atoms with Crippen LogP contribution in [-0.2, 0) is 0 Å². The number of rotatable bonds is 3. The molecule has 1 amide bonds. The predicted octanol–water partition coefficient (Wildman–Crippen LogP) is 2.56. The number of pyridine rings is 1. The Morgan fingerprint density at radius 3 is 2.89 bits per heavy atom. The molecule has 102 valence electrons. The molecule has 19 heavy (non-hydrogen) atoms. The lowest BCUT2D eigenvalue weighted by molar-refractivity contribution is -0.385. The van der Waals surface area contributed by atoms with Crippen LogP contribution in [0.5, 0.6) is 0 Å². The minimum absolute atomic E-state index is 0.0375. The molecule has 1 heterocycles. The second-order valence-corrected chi connectivity index (χ2v) is 5.26. The van der Waals surface area contributed by atoms with Gasteiger partial charge in [-0.2, -0.15) is 0 Å². The maximum atomic E-state index is 12.1. The number of nitrogens with one attached hydrogen (secondary N) is 1. The molecular formula is C12H14ClN3O3. The zero-order valence-corrected chi connectivity index (χ0v) is 11.2. The minimum atomic E-state index is -0.629. The number of amides is 1. The first-order valence-corrected chi connectivity index (χ1v) is 6.46. The van der Waals surface area contributed by atoms with Crippen molar-refractivity contribution < 1.29 is 9.72 Å². The second-order valence-electron chi connectivity index (χ2n) is 4.87. The summed E-state index contributed by atoms with van der Waals surface area (Å²) in [4.78, 5) is 26.0. The van der Waals surface area contributed by atoms with Crippen LogP contribution in [0.15, 0.2) is 12.3 Å².